The minimum absolute atomic E-state index is 0.175. The van der Waals surface area contributed by atoms with Crippen molar-refractivity contribution in [3.63, 3.8) is 0 Å². The molecule has 204 valence electrons. The number of hydrogen-bond acceptors (Lipinski definition) is 11. The molecule has 1 saturated heterocycles. The first-order valence-corrected chi connectivity index (χ1v) is 15.2. The number of morpholine rings is 1. The summed E-state index contributed by atoms with van der Waals surface area (Å²) < 4.78 is 22.0. The van der Waals surface area contributed by atoms with Crippen molar-refractivity contribution in [1.82, 2.24) is 19.9 Å². The van der Waals surface area contributed by atoms with Crippen LogP contribution in [0.1, 0.15) is 23.6 Å². The summed E-state index contributed by atoms with van der Waals surface area (Å²) in [6, 6.07) is 11.6. The van der Waals surface area contributed by atoms with Gasteiger partial charge in [0.2, 0.25) is 5.95 Å². The van der Waals surface area contributed by atoms with Crippen molar-refractivity contribution in [3.8, 4) is 6.07 Å². The van der Waals surface area contributed by atoms with E-state index in [1.165, 1.54) is 23.0 Å². The predicted molar refractivity (Wildman–Crippen MR) is 154 cm³/mol. The zero-order chi connectivity index (χ0) is 27.6. The van der Waals surface area contributed by atoms with Crippen LogP contribution >= 0.6 is 0 Å². The van der Waals surface area contributed by atoms with Gasteiger partial charge >= 0.3 is 0 Å². The third kappa shape index (κ3) is 6.62. The number of nitriles is 1. The highest BCUT2D eigenvalue weighted by atomic mass is 32.2. The smallest absolute Gasteiger partial charge is 0.229 e. The van der Waals surface area contributed by atoms with Crippen LogP contribution < -0.4 is 15.5 Å². The van der Waals surface area contributed by atoms with E-state index < -0.39 is 9.73 Å². The van der Waals surface area contributed by atoms with Gasteiger partial charge in [0.05, 0.1) is 18.9 Å². The van der Waals surface area contributed by atoms with Crippen LogP contribution in [0, 0.1) is 11.3 Å². The summed E-state index contributed by atoms with van der Waals surface area (Å²) in [6.07, 6.45) is 5.75. The van der Waals surface area contributed by atoms with Gasteiger partial charge in [0, 0.05) is 59.8 Å². The Balaban J connectivity index is 1.45. The molecule has 0 radical (unpaired) electrons. The molecule has 5 rings (SSSR count). The van der Waals surface area contributed by atoms with Crippen molar-refractivity contribution in [1.29, 1.82) is 5.26 Å². The van der Waals surface area contributed by atoms with Crippen LogP contribution in [-0.2, 0) is 27.4 Å². The van der Waals surface area contributed by atoms with Crippen molar-refractivity contribution in [2.45, 2.75) is 26.0 Å². The zero-order valence-electron chi connectivity index (χ0n) is 22.6. The second kappa shape index (κ2) is 11.1. The Kier molecular flexibility index (Phi) is 7.65. The summed E-state index contributed by atoms with van der Waals surface area (Å²) in [5, 5.41) is 16.1. The maximum atomic E-state index is 12.1. The molecule has 1 atom stereocenters. The van der Waals surface area contributed by atoms with Crippen molar-refractivity contribution >= 4 is 44.5 Å². The molecule has 0 saturated carbocycles. The number of nitrogens with one attached hydrogen (secondary N) is 2. The summed E-state index contributed by atoms with van der Waals surface area (Å²) >= 11 is 0. The molecule has 11 nitrogen and oxygen atoms in total. The highest BCUT2D eigenvalue weighted by Gasteiger charge is 2.24. The first-order chi connectivity index (χ1) is 18.7. The predicted octanol–water partition coefficient (Wildman–Crippen LogP) is 3.80. The van der Waals surface area contributed by atoms with Crippen LogP contribution in [0.4, 0.5) is 34.8 Å². The van der Waals surface area contributed by atoms with E-state index in [1.807, 2.05) is 0 Å². The van der Waals surface area contributed by atoms with E-state index in [1.54, 1.807) is 30.7 Å². The van der Waals surface area contributed by atoms with Gasteiger partial charge in [0.1, 0.15) is 17.5 Å². The monoisotopic (exact) mass is 547 g/mol. The Bertz CT molecular complexity index is 1540. The minimum atomic E-state index is -2.36. The van der Waals surface area contributed by atoms with Gasteiger partial charge in [-0.15, -0.1) is 0 Å². The Morgan fingerprint density at radius 3 is 2.82 bits per heavy atom. The van der Waals surface area contributed by atoms with E-state index in [2.05, 4.69) is 71.9 Å². The zero-order valence-corrected chi connectivity index (χ0v) is 23.5. The van der Waals surface area contributed by atoms with Gasteiger partial charge in [-0.2, -0.15) is 14.6 Å². The molecule has 2 aliphatic rings. The quantitative estimate of drug-likeness (QED) is 0.470. The maximum Gasteiger partial charge on any atom is 0.229 e. The van der Waals surface area contributed by atoms with Gasteiger partial charge in [0.15, 0.2) is 11.6 Å². The summed E-state index contributed by atoms with van der Waals surface area (Å²) in [5.41, 5.74) is 5.04. The van der Waals surface area contributed by atoms with Gasteiger partial charge in [-0.25, -0.2) is 14.2 Å². The molecule has 2 N–H and O–H groups in total. The van der Waals surface area contributed by atoms with Gasteiger partial charge in [0.25, 0.3) is 0 Å². The molecule has 2 aliphatic heterocycles. The number of anilines is 5. The Morgan fingerprint density at radius 1 is 1.21 bits per heavy atom. The van der Waals surface area contributed by atoms with Crippen LogP contribution in [0.25, 0.3) is 0 Å². The number of fused-ring (bicyclic) bond motifs is 1. The lowest BCUT2D eigenvalue weighted by Gasteiger charge is -2.37. The van der Waals surface area contributed by atoms with Crippen LogP contribution in [0.3, 0.4) is 0 Å². The average Bonchev–Trinajstić information content (AvgIpc) is 2.87. The fraction of sp³-hybridized carbons (Fsp3) is 0.407. The lowest BCUT2D eigenvalue weighted by molar-refractivity contribution is 0.0531. The number of nitrogens with zero attached hydrogens (tertiary/aromatic N) is 7. The number of rotatable bonds is 6. The van der Waals surface area contributed by atoms with Gasteiger partial charge in [-0.3, -0.25) is 0 Å². The normalized spacial score (nSPS) is 17.7. The Morgan fingerprint density at radius 2 is 2.05 bits per heavy atom. The van der Waals surface area contributed by atoms with E-state index in [4.69, 9.17) is 4.74 Å². The van der Waals surface area contributed by atoms with Crippen molar-refractivity contribution in [2.75, 3.05) is 61.3 Å². The topological polar surface area (TPSA) is 132 Å². The Hall–Kier alpha value is -3.79. The van der Waals surface area contributed by atoms with E-state index >= 15 is 0 Å². The molecule has 4 heterocycles. The van der Waals surface area contributed by atoms with Gasteiger partial charge < -0.3 is 25.2 Å². The van der Waals surface area contributed by atoms with Crippen LogP contribution in [0.2, 0.25) is 0 Å². The summed E-state index contributed by atoms with van der Waals surface area (Å²) in [6.45, 7) is 6.40. The molecule has 2 aromatic heterocycles. The standard InChI is InChI=1S/C27H33N9O2S/c1-18-16-36(10-11-38-18)23-13-21(12-19-17-35(2)9-8-22(19)23)30-27-29-15-20(14-28)26(33-27)32-24-6-5-7-25(31-24)34-39(3,4)37/h5-7,12-13,15,18H,8-11,16-17H2,1-4H3,(H2,29,30,31,32,33). The Labute approximate surface area is 229 Å². The van der Waals surface area contributed by atoms with E-state index in [9.17, 15) is 9.47 Å². The van der Waals surface area contributed by atoms with E-state index in [-0.39, 0.29) is 11.7 Å². The lowest BCUT2D eigenvalue weighted by Crippen LogP contribution is -2.42. The third-order valence-electron chi connectivity index (χ3n) is 6.54. The van der Waals surface area contributed by atoms with E-state index in [0.717, 1.165) is 38.3 Å². The van der Waals surface area contributed by atoms with Crippen molar-refractivity contribution in [3.05, 3.63) is 53.2 Å². The first-order valence-electron chi connectivity index (χ1n) is 12.8. The highest BCUT2D eigenvalue weighted by Crippen LogP contribution is 2.34. The molecule has 0 amide bonds. The van der Waals surface area contributed by atoms with Crippen LogP contribution in [0.15, 0.2) is 40.9 Å². The van der Waals surface area contributed by atoms with Crippen LogP contribution in [0.5, 0.6) is 0 Å². The molecule has 12 heteroatoms. The van der Waals surface area contributed by atoms with Crippen molar-refractivity contribution in [2.24, 2.45) is 4.36 Å². The summed E-state index contributed by atoms with van der Waals surface area (Å²) in [5.74, 6) is 1.44. The first kappa shape index (κ1) is 26.8. The molecule has 39 heavy (non-hydrogen) atoms. The highest BCUT2D eigenvalue weighted by molar-refractivity contribution is 7.92. The molecule has 1 fully saturated rings. The van der Waals surface area contributed by atoms with Gasteiger partial charge in [-0.05, 0) is 55.8 Å². The van der Waals surface area contributed by atoms with E-state index in [0.29, 0.717) is 30.0 Å². The second-order valence-corrected chi connectivity index (χ2v) is 12.8. The second-order valence-electron chi connectivity index (χ2n) is 10.2. The molecule has 0 bridgehead atoms. The molecule has 1 unspecified atom stereocenters. The number of benzene rings is 1. The number of ether oxygens (including phenoxy) is 1. The summed E-state index contributed by atoms with van der Waals surface area (Å²) in [4.78, 5) is 18.1. The van der Waals surface area contributed by atoms with Crippen molar-refractivity contribution < 1.29 is 8.95 Å². The number of hydrogen-bond donors (Lipinski definition) is 2. The third-order valence-corrected chi connectivity index (χ3v) is 7.17. The lowest BCUT2D eigenvalue weighted by atomic mass is 9.96. The number of aromatic nitrogens is 3. The summed E-state index contributed by atoms with van der Waals surface area (Å²) in [7, 11) is -0.227. The number of pyridine rings is 1. The van der Waals surface area contributed by atoms with Crippen LogP contribution in [-0.4, -0.2) is 76.0 Å². The molecule has 3 aromatic rings. The minimum Gasteiger partial charge on any atom is -0.375 e. The largest absolute Gasteiger partial charge is 0.375 e. The number of likely N-dealkylation sites (N-methyl/N-ethyl adjacent to an activating group) is 1. The molecule has 1 aromatic carbocycles. The average molecular weight is 548 g/mol. The maximum absolute atomic E-state index is 12.1. The SMILES string of the molecule is CC1CN(c2cc(Nc3ncc(C#N)c(Nc4cccc(N=S(C)(C)=O)n4)n3)cc3c2CCN(C)C3)CCO1. The molecule has 0 spiro atoms. The molecular weight excluding hydrogens is 514 g/mol. The fourth-order valence-electron chi connectivity index (χ4n) is 4.85. The fourth-order valence-corrected chi connectivity index (χ4v) is 5.40. The molecular formula is C27H33N9O2S. The van der Waals surface area contributed by atoms with Gasteiger partial charge in [-0.1, -0.05) is 6.07 Å². The molecule has 0 aliphatic carbocycles.